The van der Waals surface area contributed by atoms with Crippen LogP contribution in [0.3, 0.4) is 0 Å². The molecular formula is C17H24. The van der Waals surface area contributed by atoms with Crippen LogP contribution in [0, 0.1) is 20.8 Å². The second-order valence-corrected chi connectivity index (χ2v) is 4.79. The Morgan fingerprint density at radius 2 is 1.82 bits per heavy atom. The summed E-state index contributed by atoms with van der Waals surface area (Å²) in [6, 6.07) is 4.53. The number of hydrogen-bond donors (Lipinski definition) is 0. The van der Waals surface area contributed by atoms with E-state index < -0.39 is 0 Å². The first-order valence-corrected chi connectivity index (χ1v) is 6.41. The highest BCUT2D eigenvalue weighted by Gasteiger charge is 2.03. The lowest BCUT2D eigenvalue weighted by molar-refractivity contribution is 1.11. The summed E-state index contributed by atoms with van der Waals surface area (Å²) in [7, 11) is 0. The van der Waals surface area contributed by atoms with Gasteiger partial charge in [-0.1, -0.05) is 42.3 Å². The topological polar surface area (TPSA) is 0 Å². The summed E-state index contributed by atoms with van der Waals surface area (Å²) in [6.07, 6.45) is 5.61. The van der Waals surface area contributed by atoms with Crippen molar-refractivity contribution in [2.75, 3.05) is 0 Å². The normalized spacial score (nSPS) is 13.1. The standard InChI is InChI=1S/C17H24/c1-7-13(4)16(8-2)11-17-10-12(3)9-14(5)15(17)6/h7,9-11H,8H2,1-6H3/b13-7?,16-11-. The van der Waals surface area contributed by atoms with Crippen molar-refractivity contribution in [1.29, 1.82) is 0 Å². The van der Waals surface area contributed by atoms with Crippen molar-refractivity contribution >= 4 is 6.08 Å². The molecule has 0 spiro atoms. The zero-order valence-corrected chi connectivity index (χ0v) is 12.0. The molecule has 1 rings (SSSR count). The van der Waals surface area contributed by atoms with Gasteiger partial charge in [-0.25, -0.2) is 0 Å². The van der Waals surface area contributed by atoms with Gasteiger partial charge in [-0.15, -0.1) is 0 Å². The van der Waals surface area contributed by atoms with Crippen molar-refractivity contribution in [2.24, 2.45) is 0 Å². The quantitative estimate of drug-likeness (QED) is 0.610. The van der Waals surface area contributed by atoms with E-state index >= 15 is 0 Å². The molecule has 92 valence electrons. The van der Waals surface area contributed by atoms with Gasteiger partial charge in [0.15, 0.2) is 0 Å². The summed E-state index contributed by atoms with van der Waals surface area (Å²) >= 11 is 0. The first kappa shape index (κ1) is 13.8. The van der Waals surface area contributed by atoms with E-state index in [2.05, 4.69) is 65.8 Å². The lowest BCUT2D eigenvalue weighted by Crippen LogP contribution is -1.91. The minimum absolute atomic E-state index is 1.09. The molecule has 0 atom stereocenters. The molecule has 0 bridgehead atoms. The van der Waals surface area contributed by atoms with E-state index in [1.54, 1.807) is 0 Å². The van der Waals surface area contributed by atoms with Crippen LogP contribution in [0.4, 0.5) is 0 Å². The Bertz CT molecular complexity index is 459. The van der Waals surface area contributed by atoms with Gasteiger partial charge in [0, 0.05) is 0 Å². The molecule has 0 saturated heterocycles. The molecule has 1 aromatic rings. The Morgan fingerprint density at radius 1 is 1.18 bits per heavy atom. The van der Waals surface area contributed by atoms with Crippen LogP contribution in [0.25, 0.3) is 6.08 Å². The zero-order valence-electron chi connectivity index (χ0n) is 12.0. The van der Waals surface area contributed by atoms with Crippen molar-refractivity contribution in [3.8, 4) is 0 Å². The Kier molecular flexibility index (Phi) is 4.74. The van der Waals surface area contributed by atoms with Crippen LogP contribution in [-0.2, 0) is 0 Å². The number of benzene rings is 1. The molecule has 0 aliphatic carbocycles. The van der Waals surface area contributed by atoms with Gasteiger partial charge in [0.05, 0.1) is 0 Å². The van der Waals surface area contributed by atoms with Gasteiger partial charge in [-0.2, -0.15) is 0 Å². The lowest BCUT2D eigenvalue weighted by Gasteiger charge is -2.10. The summed E-state index contributed by atoms with van der Waals surface area (Å²) in [5.74, 6) is 0. The fraction of sp³-hybridized carbons (Fsp3) is 0.412. The highest BCUT2D eigenvalue weighted by Crippen LogP contribution is 2.22. The predicted octanol–water partition coefficient (Wildman–Crippen LogP) is 5.37. The molecule has 0 nitrogen and oxygen atoms in total. The molecule has 0 radical (unpaired) electrons. The second kappa shape index (κ2) is 5.86. The Hall–Kier alpha value is -1.30. The number of hydrogen-bond acceptors (Lipinski definition) is 0. The molecule has 0 amide bonds. The van der Waals surface area contributed by atoms with Crippen molar-refractivity contribution in [1.82, 2.24) is 0 Å². The van der Waals surface area contributed by atoms with Crippen LogP contribution in [0.2, 0.25) is 0 Å². The molecule has 1 aromatic carbocycles. The van der Waals surface area contributed by atoms with Crippen LogP contribution in [0.15, 0.2) is 29.4 Å². The van der Waals surface area contributed by atoms with Crippen LogP contribution in [0.1, 0.15) is 49.4 Å². The van der Waals surface area contributed by atoms with Crippen molar-refractivity contribution in [2.45, 2.75) is 48.0 Å². The van der Waals surface area contributed by atoms with Crippen LogP contribution < -0.4 is 0 Å². The fourth-order valence-electron chi connectivity index (χ4n) is 2.09. The third-order valence-electron chi connectivity index (χ3n) is 3.50. The minimum atomic E-state index is 1.09. The number of allylic oxidation sites excluding steroid dienone is 3. The van der Waals surface area contributed by atoms with E-state index in [4.69, 9.17) is 0 Å². The van der Waals surface area contributed by atoms with E-state index in [1.165, 1.54) is 33.4 Å². The van der Waals surface area contributed by atoms with Gasteiger partial charge < -0.3 is 0 Å². The number of rotatable bonds is 3. The summed E-state index contributed by atoms with van der Waals surface area (Å²) < 4.78 is 0. The molecule has 0 N–H and O–H groups in total. The molecule has 0 aliphatic heterocycles. The molecule has 0 fully saturated rings. The summed E-state index contributed by atoms with van der Waals surface area (Å²) in [5, 5.41) is 0. The highest BCUT2D eigenvalue weighted by atomic mass is 14.1. The van der Waals surface area contributed by atoms with E-state index in [9.17, 15) is 0 Å². The molecule has 0 unspecified atom stereocenters. The van der Waals surface area contributed by atoms with Gasteiger partial charge in [0.2, 0.25) is 0 Å². The maximum absolute atomic E-state index is 2.34. The molecular weight excluding hydrogens is 204 g/mol. The molecule has 17 heavy (non-hydrogen) atoms. The average molecular weight is 228 g/mol. The summed E-state index contributed by atoms with van der Waals surface area (Å²) in [5.41, 5.74) is 8.29. The summed E-state index contributed by atoms with van der Waals surface area (Å²) in [6.45, 7) is 13.1. The highest BCUT2D eigenvalue weighted by molar-refractivity contribution is 5.62. The monoisotopic (exact) mass is 228 g/mol. The van der Waals surface area contributed by atoms with E-state index in [1.807, 2.05) is 0 Å². The van der Waals surface area contributed by atoms with Gasteiger partial charge in [-0.3, -0.25) is 0 Å². The van der Waals surface area contributed by atoms with Crippen molar-refractivity contribution in [3.05, 3.63) is 51.6 Å². The van der Waals surface area contributed by atoms with E-state index in [0.717, 1.165) is 6.42 Å². The minimum Gasteiger partial charge on any atom is -0.0844 e. The van der Waals surface area contributed by atoms with Crippen LogP contribution in [0.5, 0.6) is 0 Å². The Balaban J connectivity index is 3.30. The molecule has 0 aromatic heterocycles. The van der Waals surface area contributed by atoms with Gasteiger partial charge >= 0.3 is 0 Å². The maximum atomic E-state index is 2.34. The van der Waals surface area contributed by atoms with Crippen molar-refractivity contribution < 1.29 is 0 Å². The Labute approximate surface area is 106 Å². The lowest BCUT2D eigenvalue weighted by atomic mass is 9.95. The SMILES string of the molecule is CC=C(C)/C(=C\c1cc(C)cc(C)c1C)CC. The third-order valence-corrected chi connectivity index (χ3v) is 3.50. The Morgan fingerprint density at radius 3 is 2.35 bits per heavy atom. The zero-order chi connectivity index (χ0) is 13.0. The fourth-order valence-corrected chi connectivity index (χ4v) is 2.09. The molecule has 0 heterocycles. The molecule has 0 aliphatic rings. The molecule has 0 saturated carbocycles. The first-order valence-electron chi connectivity index (χ1n) is 6.41. The third kappa shape index (κ3) is 3.33. The molecule has 0 heteroatoms. The van der Waals surface area contributed by atoms with Crippen molar-refractivity contribution in [3.63, 3.8) is 0 Å². The summed E-state index contributed by atoms with van der Waals surface area (Å²) in [4.78, 5) is 0. The van der Waals surface area contributed by atoms with E-state index in [-0.39, 0.29) is 0 Å². The van der Waals surface area contributed by atoms with Crippen LogP contribution in [-0.4, -0.2) is 0 Å². The maximum Gasteiger partial charge on any atom is -0.0219 e. The van der Waals surface area contributed by atoms with Gasteiger partial charge in [0.25, 0.3) is 0 Å². The van der Waals surface area contributed by atoms with E-state index in [0.29, 0.717) is 0 Å². The predicted molar refractivity (Wildman–Crippen MR) is 78.4 cm³/mol. The van der Waals surface area contributed by atoms with Gasteiger partial charge in [-0.05, 0) is 63.3 Å². The number of aryl methyl sites for hydroxylation is 2. The smallest absolute Gasteiger partial charge is 0.0219 e. The largest absolute Gasteiger partial charge is 0.0844 e. The second-order valence-electron chi connectivity index (χ2n) is 4.79. The van der Waals surface area contributed by atoms with Crippen LogP contribution >= 0.6 is 0 Å². The first-order chi connectivity index (χ1) is 7.99. The average Bonchev–Trinajstić information content (AvgIpc) is 2.30. The van der Waals surface area contributed by atoms with Gasteiger partial charge in [0.1, 0.15) is 0 Å².